The maximum Gasteiger partial charge on any atom is 0.265 e. The number of rotatable bonds is 3. The van der Waals surface area contributed by atoms with Gasteiger partial charge in [-0.1, -0.05) is 0 Å². The quantitative estimate of drug-likeness (QED) is 0.754. The van der Waals surface area contributed by atoms with Crippen LogP contribution in [0.3, 0.4) is 0 Å². The van der Waals surface area contributed by atoms with E-state index in [-0.39, 0.29) is 42.9 Å². The van der Waals surface area contributed by atoms with Crippen LogP contribution in [-0.2, 0) is 14.8 Å². The van der Waals surface area contributed by atoms with Gasteiger partial charge in [-0.2, -0.15) is 9.57 Å². The van der Waals surface area contributed by atoms with Crippen LogP contribution in [0.5, 0.6) is 5.75 Å². The number of sulfonamides is 1. The molecule has 166 valence electrons. The summed E-state index contributed by atoms with van der Waals surface area (Å²) in [4.78, 5) is 26.3. The van der Waals surface area contributed by atoms with E-state index in [4.69, 9.17) is 10.00 Å². The molecule has 0 unspecified atom stereocenters. The van der Waals surface area contributed by atoms with Gasteiger partial charge in [-0.3, -0.25) is 9.59 Å². The fourth-order valence-electron chi connectivity index (χ4n) is 3.76. The molecule has 0 aliphatic carbocycles. The van der Waals surface area contributed by atoms with Crippen LogP contribution >= 0.6 is 0 Å². The van der Waals surface area contributed by atoms with Crippen LogP contribution in [0.25, 0.3) is 0 Å². The van der Waals surface area contributed by atoms with E-state index >= 15 is 0 Å². The van der Waals surface area contributed by atoms with E-state index in [1.807, 2.05) is 6.07 Å². The molecule has 1 fully saturated rings. The monoisotopic (exact) mass is 454 g/mol. The topological polar surface area (TPSA) is 120 Å². The number of nitrogens with zero attached hydrogens (tertiary/aromatic N) is 3. The highest BCUT2D eigenvalue weighted by Gasteiger charge is 2.33. The lowest BCUT2D eigenvalue weighted by atomic mass is 10.1. The zero-order valence-electron chi connectivity index (χ0n) is 17.7. The smallest absolute Gasteiger partial charge is 0.265 e. The number of nitriles is 1. The van der Waals surface area contributed by atoms with Gasteiger partial charge in [0.25, 0.3) is 11.8 Å². The van der Waals surface area contributed by atoms with Crippen LogP contribution in [0.15, 0.2) is 41.3 Å². The van der Waals surface area contributed by atoms with Crippen LogP contribution in [-0.4, -0.2) is 61.7 Å². The number of anilines is 1. The lowest BCUT2D eigenvalue weighted by Gasteiger charge is -2.34. The van der Waals surface area contributed by atoms with Crippen molar-refractivity contribution in [3.8, 4) is 11.8 Å². The molecule has 1 N–H and O–H groups in total. The summed E-state index contributed by atoms with van der Waals surface area (Å²) < 4.78 is 33.5. The fraction of sp³-hybridized carbons (Fsp3) is 0.318. The number of nitrogens with one attached hydrogen (secondary N) is 1. The molecule has 2 aromatic rings. The molecule has 2 heterocycles. The van der Waals surface area contributed by atoms with Crippen LogP contribution in [0.2, 0.25) is 0 Å². The highest BCUT2D eigenvalue weighted by atomic mass is 32.2. The number of fused-ring (bicyclic) bond motifs is 1. The number of piperazine rings is 1. The number of carbonyl (C=O) groups excluding carboxylic acids is 2. The molecule has 0 bridgehead atoms. The zero-order valence-corrected chi connectivity index (χ0v) is 18.5. The molecule has 1 saturated heterocycles. The number of hydrogen-bond donors (Lipinski definition) is 1. The van der Waals surface area contributed by atoms with Crippen molar-refractivity contribution in [1.82, 2.24) is 9.21 Å². The van der Waals surface area contributed by atoms with Gasteiger partial charge in [0.05, 0.1) is 22.2 Å². The van der Waals surface area contributed by atoms with E-state index in [2.05, 4.69) is 5.32 Å². The van der Waals surface area contributed by atoms with Crippen molar-refractivity contribution in [2.75, 3.05) is 31.5 Å². The molecule has 0 spiro atoms. The molecule has 2 aromatic carbocycles. The summed E-state index contributed by atoms with van der Waals surface area (Å²) in [6.07, 6.45) is -0.711. The average molecular weight is 455 g/mol. The Morgan fingerprint density at radius 1 is 1.16 bits per heavy atom. The number of hydrogen-bond acceptors (Lipinski definition) is 6. The van der Waals surface area contributed by atoms with Gasteiger partial charge in [0.1, 0.15) is 5.75 Å². The second-order valence-electron chi connectivity index (χ2n) is 7.75. The maximum atomic E-state index is 13.3. The van der Waals surface area contributed by atoms with Crippen molar-refractivity contribution in [1.29, 1.82) is 5.26 Å². The van der Waals surface area contributed by atoms with Gasteiger partial charge in [-0.15, -0.1) is 0 Å². The Balaban J connectivity index is 1.49. The Kier molecular flexibility index (Phi) is 5.62. The summed E-state index contributed by atoms with van der Waals surface area (Å²) in [7, 11) is -3.81. The SMILES string of the molecule is Cc1cc2c(cc1S(=O)(=O)N1CCN(C(=O)c3ccc(C#N)cc3)CC1)O[C@H](C)C(=O)N2. The zero-order chi connectivity index (χ0) is 23.0. The Morgan fingerprint density at radius 2 is 1.81 bits per heavy atom. The van der Waals surface area contributed by atoms with Crippen LogP contribution < -0.4 is 10.1 Å². The van der Waals surface area contributed by atoms with E-state index in [1.165, 1.54) is 10.4 Å². The lowest BCUT2D eigenvalue weighted by Crippen LogP contribution is -2.50. The average Bonchev–Trinajstić information content (AvgIpc) is 2.79. The Labute approximate surface area is 186 Å². The summed E-state index contributed by atoms with van der Waals surface area (Å²) in [5.41, 5.74) is 1.87. The highest BCUT2D eigenvalue weighted by molar-refractivity contribution is 7.89. The number of aryl methyl sites for hydroxylation is 1. The van der Waals surface area contributed by atoms with Crippen LogP contribution in [0.1, 0.15) is 28.4 Å². The predicted octanol–water partition coefficient (Wildman–Crippen LogP) is 1.73. The van der Waals surface area contributed by atoms with Gasteiger partial charge in [-0.25, -0.2) is 8.42 Å². The van der Waals surface area contributed by atoms with Crippen molar-refractivity contribution in [2.24, 2.45) is 0 Å². The van der Waals surface area contributed by atoms with E-state index in [9.17, 15) is 18.0 Å². The molecule has 2 amide bonds. The fourth-order valence-corrected chi connectivity index (χ4v) is 5.41. The standard InChI is InChI=1S/C22H22N4O5S/c1-14-11-18-19(31-15(2)21(27)24-18)12-20(14)32(29,30)26-9-7-25(8-10-26)22(28)17-5-3-16(13-23)4-6-17/h3-6,11-12,15H,7-10H2,1-2H3,(H,24,27)/t15-/m1/s1. The Bertz CT molecular complexity index is 1230. The third-order valence-electron chi connectivity index (χ3n) is 5.61. The van der Waals surface area contributed by atoms with Crippen molar-refractivity contribution < 1.29 is 22.7 Å². The first-order valence-corrected chi connectivity index (χ1v) is 11.6. The molecule has 9 nitrogen and oxygen atoms in total. The number of benzene rings is 2. The Hall–Kier alpha value is -3.42. The van der Waals surface area contributed by atoms with Gasteiger partial charge in [0.2, 0.25) is 10.0 Å². The summed E-state index contributed by atoms with van der Waals surface area (Å²) in [6.45, 7) is 4.10. The van der Waals surface area contributed by atoms with E-state index < -0.39 is 16.1 Å². The number of ether oxygens (including phenoxy) is 1. The van der Waals surface area contributed by atoms with Crippen molar-refractivity contribution >= 4 is 27.5 Å². The minimum absolute atomic E-state index is 0.117. The third-order valence-corrected chi connectivity index (χ3v) is 7.65. The van der Waals surface area contributed by atoms with Gasteiger partial charge >= 0.3 is 0 Å². The summed E-state index contributed by atoms with van der Waals surface area (Å²) in [5.74, 6) is -0.166. The molecule has 2 aliphatic rings. The first-order valence-electron chi connectivity index (χ1n) is 10.1. The van der Waals surface area contributed by atoms with Crippen molar-refractivity contribution in [3.63, 3.8) is 0 Å². The largest absolute Gasteiger partial charge is 0.479 e. The van der Waals surface area contributed by atoms with E-state index in [1.54, 1.807) is 49.1 Å². The molecule has 4 rings (SSSR count). The van der Waals surface area contributed by atoms with E-state index in [0.717, 1.165) is 0 Å². The van der Waals surface area contributed by atoms with Gasteiger partial charge < -0.3 is 15.0 Å². The molecule has 32 heavy (non-hydrogen) atoms. The number of carbonyl (C=O) groups is 2. The molecule has 0 aromatic heterocycles. The molecule has 0 radical (unpaired) electrons. The van der Waals surface area contributed by atoms with Crippen molar-refractivity contribution in [2.45, 2.75) is 24.8 Å². The first-order chi connectivity index (χ1) is 15.2. The second-order valence-corrected chi connectivity index (χ2v) is 9.65. The minimum Gasteiger partial charge on any atom is -0.479 e. The molecule has 10 heteroatoms. The molecule has 0 saturated carbocycles. The van der Waals surface area contributed by atoms with Gasteiger partial charge in [0.15, 0.2) is 6.10 Å². The van der Waals surface area contributed by atoms with E-state index in [0.29, 0.717) is 28.1 Å². The minimum atomic E-state index is -3.81. The highest BCUT2D eigenvalue weighted by Crippen LogP contribution is 2.35. The molecule has 1 atom stereocenters. The van der Waals surface area contributed by atoms with Crippen molar-refractivity contribution in [3.05, 3.63) is 53.1 Å². The van der Waals surface area contributed by atoms with Gasteiger partial charge in [-0.05, 0) is 49.7 Å². The summed E-state index contributed by atoms with van der Waals surface area (Å²) in [6, 6.07) is 11.4. The first kappa shape index (κ1) is 21.8. The van der Waals surface area contributed by atoms with Crippen LogP contribution in [0.4, 0.5) is 5.69 Å². The summed E-state index contributed by atoms with van der Waals surface area (Å²) in [5, 5.41) is 11.6. The van der Waals surface area contributed by atoms with Crippen LogP contribution in [0, 0.1) is 18.3 Å². The Morgan fingerprint density at radius 3 is 2.44 bits per heavy atom. The third kappa shape index (κ3) is 3.92. The summed E-state index contributed by atoms with van der Waals surface area (Å²) >= 11 is 0. The molecular formula is C22H22N4O5S. The molecular weight excluding hydrogens is 432 g/mol. The maximum absolute atomic E-state index is 13.3. The predicted molar refractivity (Wildman–Crippen MR) is 116 cm³/mol. The normalized spacial score (nSPS) is 18.8. The lowest BCUT2D eigenvalue weighted by molar-refractivity contribution is -0.122. The second kappa shape index (κ2) is 8.26. The van der Waals surface area contributed by atoms with Gasteiger partial charge in [0, 0.05) is 37.8 Å². The number of amides is 2. The molecule has 2 aliphatic heterocycles.